The van der Waals surface area contributed by atoms with E-state index in [1.54, 1.807) is 30.3 Å². The third kappa shape index (κ3) is 3.75. The highest BCUT2D eigenvalue weighted by Crippen LogP contribution is 2.41. The Morgan fingerprint density at radius 3 is 2.33 bits per heavy atom. The predicted octanol–water partition coefficient (Wildman–Crippen LogP) is 5.39. The highest BCUT2D eigenvalue weighted by Gasteiger charge is 2.45. The lowest BCUT2D eigenvalue weighted by molar-refractivity contribution is -0.136. The van der Waals surface area contributed by atoms with Crippen LogP contribution in [0.2, 0.25) is 0 Å². The maximum Gasteiger partial charge on any atom is 0.336 e. The standard InChI is InChI=1S/C15H11BrF4O/c16-11-6-7-13(12(8-11)15(19,20)14(17)18)21-9-10-4-2-1-3-5-10/h1-8,14H,9H2. The van der Waals surface area contributed by atoms with Gasteiger partial charge in [-0.3, -0.25) is 0 Å². The molecule has 0 aliphatic rings. The quantitative estimate of drug-likeness (QED) is 0.648. The fraction of sp³-hybridized carbons (Fsp3) is 0.200. The lowest BCUT2D eigenvalue weighted by Crippen LogP contribution is -2.24. The van der Waals surface area contributed by atoms with Crippen LogP contribution >= 0.6 is 15.9 Å². The number of rotatable bonds is 5. The molecule has 0 saturated heterocycles. The van der Waals surface area contributed by atoms with E-state index in [-0.39, 0.29) is 16.8 Å². The molecule has 0 fully saturated rings. The summed E-state index contributed by atoms with van der Waals surface area (Å²) in [6.45, 7) is 0.0226. The van der Waals surface area contributed by atoms with Crippen LogP contribution in [0.5, 0.6) is 5.75 Å². The summed E-state index contributed by atoms with van der Waals surface area (Å²) < 4.78 is 57.9. The summed E-state index contributed by atoms with van der Waals surface area (Å²) in [6.07, 6.45) is -3.80. The third-order valence-electron chi connectivity index (χ3n) is 2.81. The maximum atomic E-state index is 13.6. The largest absolute Gasteiger partial charge is 0.488 e. The summed E-state index contributed by atoms with van der Waals surface area (Å²) in [5.41, 5.74) is -0.0745. The van der Waals surface area contributed by atoms with Crippen LogP contribution in [-0.4, -0.2) is 6.43 Å². The molecule has 0 spiro atoms. The third-order valence-corrected chi connectivity index (χ3v) is 3.31. The minimum Gasteiger partial charge on any atom is -0.488 e. The van der Waals surface area contributed by atoms with Gasteiger partial charge in [-0.25, -0.2) is 8.78 Å². The van der Waals surface area contributed by atoms with Gasteiger partial charge in [0.15, 0.2) is 0 Å². The van der Waals surface area contributed by atoms with Crippen LogP contribution in [0.15, 0.2) is 53.0 Å². The Morgan fingerprint density at radius 2 is 1.71 bits per heavy atom. The average Bonchev–Trinajstić information content (AvgIpc) is 2.46. The van der Waals surface area contributed by atoms with Crippen molar-refractivity contribution in [3.63, 3.8) is 0 Å². The number of ether oxygens (including phenoxy) is 1. The van der Waals surface area contributed by atoms with Gasteiger partial charge in [-0.1, -0.05) is 46.3 Å². The molecule has 1 nitrogen and oxygen atoms in total. The van der Waals surface area contributed by atoms with Crippen molar-refractivity contribution >= 4 is 15.9 Å². The van der Waals surface area contributed by atoms with Crippen molar-refractivity contribution in [3.05, 3.63) is 64.1 Å². The van der Waals surface area contributed by atoms with Crippen LogP contribution in [0.4, 0.5) is 17.6 Å². The Labute approximate surface area is 127 Å². The molecule has 21 heavy (non-hydrogen) atoms. The topological polar surface area (TPSA) is 9.23 Å². The molecule has 6 heteroatoms. The molecule has 0 aliphatic heterocycles. The summed E-state index contributed by atoms with van der Waals surface area (Å²) in [7, 11) is 0. The molecule has 2 rings (SSSR count). The van der Waals surface area contributed by atoms with Gasteiger partial charge in [0.05, 0.1) is 5.56 Å². The summed E-state index contributed by atoms with van der Waals surface area (Å²) in [5, 5.41) is 0. The molecule has 0 aromatic heterocycles. The van der Waals surface area contributed by atoms with Gasteiger partial charge in [-0.2, -0.15) is 8.78 Å². The van der Waals surface area contributed by atoms with E-state index in [0.717, 1.165) is 11.6 Å². The van der Waals surface area contributed by atoms with E-state index in [9.17, 15) is 17.6 Å². The van der Waals surface area contributed by atoms with E-state index in [2.05, 4.69) is 15.9 Å². The van der Waals surface area contributed by atoms with Crippen LogP contribution in [0.3, 0.4) is 0 Å². The van der Waals surface area contributed by atoms with Gasteiger partial charge in [-0.15, -0.1) is 0 Å². The minimum absolute atomic E-state index is 0.0226. The fourth-order valence-electron chi connectivity index (χ4n) is 1.74. The maximum absolute atomic E-state index is 13.6. The Hall–Kier alpha value is -1.56. The molecule has 0 aliphatic carbocycles. The summed E-state index contributed by atoms with van der Waals surface area (Å²) in [5.74, 6) is -4.53. The van der Waals surface area contributed by atoms with E-state index in [1.165, 1.54) is 12.1 Å². The SMILES string of the molecule is FC(F)C(F)(F)c1cc(Br)ccc1OCc1ccccc1. The lowest BCUT2D eigenvalue weighted by Gasteiger charge is -2.19. The lowest BCUT2D eigenvalue weighted by atomic mass is 10.1. The first kappa shape index (κ1) is 15.8. The van der Waals surface area contributed by atoms with Gasteiger partial charge < -0.3 is 4.74 Å². The zero-order valence-electron chi connectivity index (χ0n) is 10.7. The van der Waals surface area contributed by atoms with E-state index in [1.807, 2.05) is 0 Å². The Bertz CT molecular complexity index is 602. The van der Waals surface area contributed by atoms with Crippen molar-refractivity contribution in [1.82, 2.24) is 0 Å². The molecule has 112 valence electrons. The second kappa shape index (κ2) is 6.47. The van der Waals surface area contributed by atoms with Gasteiger partial charge in [0.25, 0.3) is 0 Å². The van der Waals surface area contributed by atoms with E-state index >= 15 is 0 Å². The Balaban J connectivity index is 2.27. The molecule has 0 bridgehead atoms. The van der Waals surface area contributed by atoms with E-state index < -0.39 is 17.9 Å². The van der Waals surface area contributed by atoms with Crippen molar-refractivity contribution in [2.75, 3.05) is 0 Å². The molecular weight excluding hydrogens is 352 g/mol. The minimum atomic E-state index is -4.27. The normalized spacial score (nSPS) is 11.7. The smallest absolute Gasteiger partial charge is 0.336 e. The Morgan fingerprint density at radius 1 is 1.05 bits per heavy atom. The molecule has 0 heterocycles. The van der Waals surface area contributed by atoms with E-state index in [4.69, 9.17) is 4.74 Å². The van der Waals surface area contributed by atoms with Crippen LogP contribution in [0.1, 0.15) is 11.1 Å². The van der Waals surface area contributed by atoms with Gasteiger partial charge >= 0.3 is 12.3 Å². The number of alkyl halides is 4. The molecule has 0 amide bonds. The molecule has 2 aromatic rings. The van der Waals surface area contributed by atoms with Crippen molar-refractivity contribution in [2.24, 2.45) is 0 Å². The number of halogens is 5. The molecule has 2 aromatic carbocycles. The van der Waals surface area contributed by atoms with Crippen LogP contribution in [0, 0.1) is 0 Å². The van der Waals surface area contributed by atoms with Crippen LogP contribution < -0.4 is 4.74 Å². The van der Waals surface area contributed by atoms with Crippen LogP contribution in [0.25, 0.3) is 0 Å². The monoisotopic (exact) mass is 362 g/mol. The molecule has 0 unspecified atom stereocenters. The van der Waals surface area contributed by atoms with Gasteiger partial charge in [0.2, 0.25) is 0 Å². The average molecular weight is 363 g/mol. The highest BCUT2D eigenvalue weighted by atomic mass is 79.9. The van der Waals surface area contributed by atoms with Crippen molar-refractivity contribution in [2.45, 2.75) is 19.0 Å². The van der Waals surface area contributed by atoms with Crippen molar-refractivity contribution < 1.29 is 22.3 Å². The summed E-state index contributed by atoms with van der Waals surface area (Å²) >= 11 is 3.00. The zero-order chi connectivity index (χ0) is 15.5. The fourth-order valence-corrected chi connectivity index (χ4v) is 2.10. The van der Waals surface area contributed by atoms with Crippen molar-refractivity contribution in [3.8, 4) is 5.75 Å². The first-order chi connectivity index (χ1) is 9.91. The number of hydrogen-bond acceptors (Lipinski definition) is 1. The van der Waals surface area contributed by atoms with Gasteiger partial charge in [0.1, 0.15) is 12.4 Å². The zero-order valence-corrected chi connectivity index (χ0v) is 12.3. The highest BCUT2D eigenvalue weighted by molar-refractivity contribution is 9.10. The molecule has 0 radical (unpaired) electrons. The number of benzene rings is 2. The predicted molar refractivity (Wildman–Crippen MR) is 74.8 cm³/mol. The molecular formula is C15H11BrF4O. The molecule has 0 saturated carbocycles. The second-order valence-electron chi connectivity index (χ2n) is 4.34. The molecule has 0 N–H and O–H groups in total. The number of hydrogen-bond donors (Lipinski definition) is 0. The van der Waals surface area contributed by atoms with Crippen LogP contribution in [-0.2, 0) is 12.5 Å². The van der Waals surface area contributed by atoms with Crippen molar-refractivity contribution in [1.29, 1.82) is 0 Å². The first-order valence-corrected chi connectivity index (χ1v) is 6.83. The second-order valence-corrected chi connectivity index (χ2v) is 5.25. The summed E-state index contributed by atoms with van der Waals surface area (Å²) in [4.78, 5) is 0. The Kier molecular flexibility index (Phi) is 4.88. The summed E-state index contributed by atoms with van der Waals surface area (Å²) in [6, 6.07) is 12.5. The first-order valence-electron chi connectivity index (χ1n) is 6.04. The van der Waals surface area contributed by atoms with E-state index in [0.29, 0.717) is 0 Å². The molecule has 0 atom stereocenters. The van der Waals surface area contributed by atoms with Gasteiger partial charge in [0, 0.05) is 4.47 Å². The van der Waals surface area contributed by atoms with Gasteiger partial charge in [-0.05, 0) is 23.8 Å².